The Kier molecular flexibility index (Phi) is 4.04. The lowest BCUT2D eigenvalue weighted by Crippen LogP contribution is -2.19. The molecule has 0 amide bonds. The first-order chi connectivity index (χ1) is 8.60. The van der Waals surface area contributed by atoms with Gasteiger partial charge in [-0.3, -0.25) is 4.68 Å². The average Bonchev–Trinajstić information content (AvgIpc) is 2.72. The topological polar surface area (TPSA) is 29.9 Å². The lowest BCUT2D eigenvalue weighted by Gasteiger charge is -2.17. The number of aromatic nitrogens is 2. The van der Waals surface area contributed by atoms with Gasteiger partial charge in [0.15, 0.2) is 0 Å². The highest BCUT2D eigenvalue weighted by Crippen LogP contribution is 2.26. The maximum Gasteiger partial charge on any atom is 0.0522 e. The molecule has 0 aliphatic rings. The van der Waals surface area contributed by atoms with Crippen LogP contribution in [0.25, 0.3) is 0 Å². The maximum atomic E-state index is 6.31. The number of likely N-dealkylation sites (N-methyl/N-ethyl adjacent to an activating group) is 1. The second-order valence-corrected chi connectivity index (χ2v) is 5.00. The van der Waals surface area contributed by atoms with Gasteiger partial charge in [0.05, 0.1) is 6.20 Å². The molecule has 0 aliphatic heterocycles. The number of rotatable bonds is 4. The number of nitrogens with one attached hydrogen (secondary N) is 1. The molecule has 18 heavy (non-hydrogen) atoms. The minimum absolute atomic E-state index is 0.210. The van der Waals surface area contributed by atoms with Gasteiger partial charge in [-0.15, -0.1) is 0 Å². The Morgan fingerprint density at radius 1 is 1.44 bits per heavy atom. The molecule has 0 saturated heterocycles. The first-order valence-electron chi connectivity index (χ1n) is 6.01. The molecule has 2 aromatic rings. The molecule has 1 N–H and O–H groups in total. The number of nitrogens with zero attached hydrogens (tertiary/aromatic N) is 2. The molecule has 1 aromatic carbocycles. The van der Waals surface area contributed by atoms with E-state index in [1.54, 1.807) is 0 Å². The second-order valence-electron chi connectivity index (χ2n) is 4.59. The van der Waals surface area contributed by atoms with E-state index in [0.717, 1.165) is 17.0 Å². The molecule has 0 aliphatic carbocycles. The Bertz CT molecular complexity index is 534. The van der Waals surface area contributed by atoms with Crippen molar-refractivity contribution < 1.29 is 0 Å². The van der Waals surface area contributed by atoms with Crippen LogP contribution in [0.4, 0.5) is 0 Å². The van der Waals surface area contributed by atoms with Crippen LogP contribution in [0.15, 0.2) is 30.6 Å². The Hall–Kier alpha value is -1.32. The smallest absolute Gasteiger partial charge is 0.0522 e. The van der Waals surface area contributed by atoms with Gasteiger partial charge >= 0.3 is 0 Å². The van der Waals surface area contributed by atoms with Gasteiger partial charge in [-0.25, -0.2) is 0 Å². The predicted octanol–water partition coefficient (Wildman–Crippen LogP) is 2.89. The van der Waals surface area contributed by atoms with Crippen LogP contribution in [0, 0.1) is 6.92 Å². The number of aryl methyl sites for hydroxylation is 2. The van der Waals surface area contributed by atoms with Gasteiger partial charge in [-0.2, -0.15) is 5.10 Å². The number of benzene rings is 1. The summed E-state index contributed by atoms with van der Waals surface area (Å²) in [5.41, 5.74) is 3.52. The van der Waals surface area contributed by atoms with E-state index >= 15 is 0 Å². The molecule has 0 saturated carbocycles. The summed E-state index contributed by atoms with van der Waals surface area (Å²) in [6, 6.07) is 6.40. The molecule has 2 rings (SSSR count). The standard InChI is InChI=1S/C14H18ClN3/c1-10-4-5-12(13(15)6-10)14(16-2)7-11-8-17-18(3)9-11/h4-6,8-9,14,16H,7H2,1-3H3. The molecule has 0 spiro atoms. The fourth-order valence-corrected chi connectivity index (χ4v) is 2.46. The lowest BCUT2D eigenvalue weighted by atomic mass is 10.00. The van der Waals surface area contributed by atoms with Crippen molar-refractivity contribution >= 4 is 11.6 Å². The van der Waals surface area contributed by atoms with Gasteiger partial charge in [0.1, 0.15) is 0 Å². The summed E-state index contributed by atoms with van der Waals surface area (Å²) in [5.74, 6) is 0. The van der Waals surface area contributed by atoms with Crippen LogP contribution in [-0.4, -0.2) is 16.8 Å². The Balaban J connectivity index is 2.22. The van der Waals surface area contributed by atoms with Crippen LogP contribution in [0.1, 0.15) is 22.7 Å². The van der Waals surface area contributed by atoms with Crippen LogP contribution in [0.5, 0.6) is 0 Å². The lowest BCUT2D eigenvalue weighted by molar-refractivity contribution is 0.592. The molecule has 1 atom stereocenters. The van der Waals surface area contributed by atoms with E-state index < -0.39 is 0 Å². The van der Waals surface area contributed by atoms with Crippen LogP contribution >= 0.6 is 11.6 Å². The zero-order chi connectivity index (χ0) is 13.1. The molecule has 0 bridgehead atoms. The van der Waals surface area contributed by atoms with Crippen LogP contribution < -0.4 is 5.32 Å². The van der Waals surface area contributed by atoms with Crippen molar-refractivity contribution in [1.82, 2.24) is 15.1 Å². The molecular formula is C14H18ClN3. The molecule has 0 fully saturated rings. The number of hydrogen-bond acceptors (Lipinski definition) is 2. The van der Waals surface area contributed by atoms with Crippen molar-refractivity contribution in [3.05, 3.63) is 52.3 Å². The second kappa shape index (κ2) is 5.55. The van der Waals surface area contributed by atoms with Gasteiger partial charge in [0.2, 0.25) is 0 Å². The minimum atomic E-state index is 0.210. The normalized spacial score (nSPS) is 12.7. The highest BCUT2D eigenvalue weighted by atomic mass is 35.5. The van der Waals surface area contributed by atoms with Crippen molar-refractivity contribution in [3.63, 3.8) is 0 Å². The van der Waals surface area contributed by atoms with Gasteiger partial charge in [0, 0.05) is 24.3 Å². The molecule has 1 unspecified atom stereocenters. The fourth-order valence-electron chi connectivity index (χ4n) is 2.10. The van der Waals surface area contributed by atoms with Crippen LogP contribution in [0.3, 0.4) is 0 Å². The van der Waals surface area contributed by atoms with E-state index in [0.29, 0.717) is 0 Å². The first kappa shape index (κ1) is 13.1. The van der Waals surface area contributed by atoms with Crippen LogP contribution in [0.2, 0.25) is 5.02 Å². The highest BCUT2D eigenvalue weighted by Gasteiger charge is 2.14. The molecule has 96 valence electrons. The molecule has 1 heterocycles. The van der Waals surface area contributed by atoms with Gasteiger partial charge in [0.25, 0.3) is 0 Å². The van der Waals surface area contributed by atoms with Crippen molar-refractivity contribution in [2.45, 2.75) is 19.4 Å². The van der Waals surface area contributed by atoms with E-state index in [9.17, 15) is 0 Å². The zero-order valence-electron chi connectivity index (χ0n) is 10.9. The summed E-state index contributed by atoms with van der Waals surface area (Å²) in [4.78, 5) is 0. The van der Waals surface area contributed by atoms with Gasteiger partial charge < -0.3 is 5.32 Å². The Morgan fingerprint density at radius 3 is 2.78 bits per heavy atom. The summed E-state index contributed by atoms with van der Waals surface area (Å²) in [7, 11) is 3.88. The molecule has 0 radical (unpaired) electrons. The first-order valence-corrected chi connectivity index (χ1v) is 6.39. The Labute approximate surface area is 113 Å². The molecule has 4 heteroatoms. The highest BCUT2D eigenvalue weighted by molar-refractivity contribution is 6.31. The van der Waals surface area contributed by atoms with Crippen molar-refractivity contribution in [2.75, 3.05) is 7.05 Å². The van der Waals surface area contributed by atoms with Crippen molar-refractivity contribution in [2.24, 2.45) is 7.05 Å². The molecule has 3 nitrogen and oxygen atoms in total. The third kappa shape index (κ3) is 2.92. The van der Waals surface area contributed by atoms with E-state index in [1.165, 1.54) is 11.1 Å². The monoisotopic (exact) mass is 263 g/mol. The van der Waals surface area contributed by atoms with E-state index in [2.05, 4.69) is 22.5 Å². The number of halogens is 1. The minimum Gasteiger partial charge on any atom is -0.313 e. The van der Waals surface area contributed by atoms with Crippen molar-refractivity contribution in [3.8, 4) is 0 Å². The summed E-state index contributed by atoms with van der Waals surface area (Å²) in [5, 5.41) is 8.32. The summed E-state index contributed by atoms with van der Waals surface area (Å²) < 4.78 is 1.82. The fraction of sp³-hybridized carbons (Fsp3) is 0.357. The average molecular weight is 264 g/mol. The molecular weight excluding hydrogens is 246 g/mol. The van der Waals surface area contributed by atoms with E-state index in [1.807, 2.05) is 44.2 Å². The van der Waals surface area contributed by atoms with E-state index in [-0.39, 0.29) is 6.04 Å². The summed E-state index contributed by atoms with van der Waals surface area (Å²) in [6.45, 7) is 2.05. The van der Waals surface area contributed by atoms with Crippen molar-refractivity contribution in [1.29, 1.82) is 0 Å². The third-order valence-electron chi connectivity index (χ3n) is 3.08. The summed E-state index contributed by atoms with van der Waals surface area (Å²) >= 11 is 6.31. The van der Waals surface area contributed by atoms with Gasteiger partial charge in [-0.1, -0.05) is 23.7 Å². The third-order valence-corrected chi connectivity index (χ3v) is 3.41. The largest absolute Gasteiger partial charge is 0.313 e. The maximum absolute atomic E-state index is 6.31. The zero-order valence-corrected chi connectivity index (χ0v) is 11.7. The number of hydrogen-bond donors (Lipinski definition) is 1. The van der Waals surface area contributed by atoms with Gasteiger partial charge in [-0.05, 0) is 43.1 Å². The summed E-state index contributed by atoms with van der Waals surface area (Å²) in [6.07, 6.45) is 4.81. The predicted molar refractivity (Wildman–Crippen MR) is 74.9 cm³/mol. The molecule has 1 aromatic heterocycles. The SMILES string of the molecule is CNC(Cc1cnn(C)c1)c1ccc(C)cc1Cl. The quantitative estimate of drug-likeness (QED) is 0.919. The van der Waals surface area contributed by atoms with Crippen LogP contribution in [-0.2, 0) is 13.5 Å². The van der Waals surface area contributed by atoms with E-state index in [4.69, 9.17) is 11.6 Å². The Morgan fingerprint density at radius 2 is 2.22 bits per heavy atom.